The van der Waals surface area contributed by atoms with E-state index in [0.29, 0.717) is 5.75 Å². The van der Waals surface area contributed by atoms with Gasteiger partial charge in [-0.2, -0.15) is 11.8 Å². The molecule has 0 radical (unpaired) electrons. The molecule has 15 heavy (non-hydrogen) atoms. The van der Waals surface area contributed by atoms with Crippen LogP contribution >= 0.6 is 11.8 Å². The van der Waals surface area contributed by atoms with E-state index in [9.17, 15) is 9.90 Å². The summed E-state index contributed by atoms with van der Waals surface area (Å²) >= 11 is 1.46. The molecular weight excluding hydrogens is 210 g/mol. The van der Waals surface area contributed by atoms with Crippen molar-refractivity contribution in [3.05, 3.63) is 35.9 Å². The molecule has 1 atom stereocenters. The molecule has 0 aliphatic heterocycles. The van der Waals surface area contributed by atoms with Crippen LogP contribution in [-0.2, 0) is 4.79 Å². The van der Waals surface area contributed by atoms with Crippen LogP contribution in [0.1, 0.15) is 11.6 Å². The number of aliphatic hydroxyl groups is 1. The first-order valence-corrected chi connectivity index (χ1v) is 6.11. The van der Waals surface area contributed by atoms with Crippen molar-refractivity contribution in [1.82, 2.24) is 5.32 Å². The highest BCUT2D eigenvalue weighted by Crippen LogP contribution is 2.11. The third kappa shape index (κ3) is 3.93. The second kappa shape index (κ2) is 6.48. The van der Waals surface area contributed by atoms with E-state index in [4.69, 9.17) is 0 Å². The second-order valence-electron chi connectivity index (χ2n) is 3.15. The predicted molar refractivity (Wildman–Crippen MR) is 62.8 cm³/mol. The monoisotopic (exact) mass is 225 g/mol. The molecule has 1 aromatic rings. The third-order valence-electron chi connectivity index (χ3n) is 2.00. The Labute approximate surface area is 93.9 Å². The number of benzene rings is 1. The van der Waals surface area contributed by atoms with Gasteiger partial charge in [-0.15, -0.1) is 0 Å². The highest BCUT2D eigenvalue weighted by atomic mass is 32.2. The molecule has 0 saturated heterocycles. The largest absolute Gasteiger partial charge is 0.394 e. The van der Waals surface area contributed by atoms with Crippen molar-refractivity contribution in [3.8, 4) is 0 Å². The summed E-state index contributed by atoms with van der Waals surface area (Å²) in [6, 6.07) is 9.16. The van der Waals surface area contributed by atoms with Gasteiger partial charge in [-0.05, 0) is 11.8 Å². The van der Waals surface area contributed by atoms with Crippen LogP contribution in [-0.4, -0.2) is 29.6 Å². The lowest BCUT2D eigenvalue weighted by Gasteiger charge is -2.16. The number of amides is 1. The van der Waals surface area contributed by atoms with E-state index >= 15 is 0 Å². The summed E-state index contributed by atoms with van der Waals surface area (Å²) in [7, 11) is 0. The number of aliphatic hydroxyl groups excluding tert-OH is 1. The molecule has 3 nitrogen and oxygen atoms in total. The van der Waals surface area contributed by atoms with Crippen molar-refractivity contribution in [1.29, 1.82) is 0 Å². The summed E-state index contributed by atoms with van der Waals surface area (Å²) in [6.07, 6.45) is 1.87. The average molecular weight is 225 g/mol. The molecule has 82 valence electrons. The van der Waals surface area contributed by atoms with Crippen LogP contribution in [0.5, 0.6) is 0 Å². The molecule has 1 aromatic carbocycles. The van der Waals surface area contributed by atoms with Gasteiger partial charge in [0, 0.05) is 0 Å². The van der Waals surface area contributed by atoms with Crippen LogP contribution in [0.25, 0.3) is 0 Å². The summed E-state index contributed by atoms with van der Waals surface area (Å²) in [5.74, 6) is 0.369. The van der Waals surface area contributed by atoms with Gasteiger partial charge in [0.1, 0.15) is 0 Å². The molecule has 4 heteroatoms. The fourth-order valence-corrected chi connectivity index (χ4v) is 1.63. The van der Waals surface area contributed by atoms with Crippen molar-refractivity contribution in [2.45, 2.75) is 6.04 Å². The Bertz CT molecular complexity index is 303. The zero-order chi connectivity index (χ0) is 11.1. The number of nitrogens with one attached hydrogen (secondary N) is 1. The Morgan fingerprint density at radius 2 is 2.13 bits per heavy atom. The molecule has 1 rings (SSSR count). The molecule has 0 unspecified atom stereocenters. The number of rotatable bonds is 5. The summed E-state index contributed by atoms with van der Waals surface area (Å²) < 4.78 is 0. The lowest BCUT2D eigenvalue weighted by molar-refractivity contribution is -0.119. The lowest BCUT2D eigenvalue weighted by atomic mass is 10.1. The van der Waals surface area contributed by atoms with E-state index in [1.165, 1.54) is 11.8 Å². The molecule has 0 bridgehead atoms. The Kier molecular flexibility index (Phi) is 5.21. The van der Waals surface area contributed by atoms with Gasteiger partial charge in [-0.3, -0.25) is 4.79 Å². The molecular formula is C11H15NO2S. The summed E-state index contributed by atoms with van der Waals surface area (Å²) in [6.45, 7) is -0.0792. The first-order chi connectivity index (χ1) is 7.27. The minimum Gasteiger partial charge on any atom is -0.394 e. The van der Waals surface area contributed by atoms with Gasteiger partial charge in [-0.25, -0.2) is 0 Å². The molecule has 0 aromatic heterocycles. The maximum Gasteiger partial charge on any atom is 0.230 e. The third-order valence-corrected chi connectivity index (χ3v) is 2.55. The van der Waals surface area contributed by atoms with Crippen LogP contribution in [0.2, 0.25) is 0 Å². The van der Waals surface area contributed by atoms with Gasteiger partial charge in [0.05, 0.1) is 18.4 Å². The minimum atomic E-state index is -0.300. The molecule has 0 spiro atoms. The van der Waals surface area contributed by atoms with Crippen molar-refractivity contribution in [2.24, 2.45) is 0 Å². The number of hydrogen-bond donors (Lipinski definition) is 2. The molecule has 1 amide bonds. The van der Waals surface area contributed by atoms with E-state index in [2.05, 4.69) is 5.32 Å². The fourth-order valence-electron chi connectivity index (χ4n) is 1.29. The van der Waals surface area contributed by atoms with Crippen molar-refractivity contribution in [2.75, 3.05) is 18.6 Å². The molecule has 2 N–H and O–H groups in total. The quantitative estimate of drug-likeness (QED) is 0.791. The van der Waals surface area contributed by atoms with Crippen molar-refractivity contribution in [3.63, 3.8) is 0 Å². The number of hydrogen-bond acceptors (Lipinski definition) is 3. The highest BCUT2D eigenvalue weighted by Gasteiger charge is 2.12. The molecule has 0 heterocycles. The summed E-state index contributed by atoms with van der Waals surface area (Å²) in [5, 5.41) is 11.9. The van der Waals surface area contributed by atoms with Gasteiger partial charge < -0.3 is 10.4 Å². The standard InChI is InChI=1S/C11H15NO2S/c1-15-8-11(14)12-10(7-13)9-5-3-2-4-6-9/h2-6,10,13H,7-8H2,1H3,(H,12,14)/t10-/m0/s1. The topological polar surface area (TPSA) is 49.3 Å². The maximum atomic E-state index is 11.3. The molecule has 0 aliphatic carbocycles. The Morgan fingerprint density at radius 3 is 2.67 bits per heavy atom. The number of carbonyl (C=O) groups excluding carboxylic acids is 1. The molecule has 0 fully saturated rings. The van der Waals surface area contributed by atoms with Gasteiger partial charge >= 0.3 is 0 Å². The van der Waals surface area contributed by atoms with Crippen LogP contribution in [0.3, 0.4) is 0 Å². The fraction of sp³-hybridized carbons (Fsp3) is 0.364. The van der Waals surface area contributed by atoms with E-state index < -0.39 is 0 Å². The first-order valence-electron chi connectivity index (χ1n) is 4.72. The lowest BCUT2D eigenvalue weighted by Crippen LogP contribution is -2.31. The van der Waals surface area contributed by atoms with E-state index in [1.807, 2.05) is 36.6 Å². The minimum absolute atomic E-state index is 0.0506. The van der Waals surface area contributed by atoms with Crippen LogP contribution in [0.4, 0.5) is 0 Å². The normalized spacial score (nSPS) is 12.1. The maximum absolute atomic E-state index is 11.3. The Morgan fingerprint density at radius 1 is 1.47 bits per heavy atom. The van der Waals surface area contributed by atoms with Crippen LogP contribution in [0, 0.1) is 0 Å². The predicted octanol–water partition coefficient (Wildman–Crippen LogP) is 1.20. The van der Waals surface area contributed by atoms with Crippen molar-refractivity contribution < 1.29 is 9.90 Å². The SMILES string of the molecule is CSCC(=O)N[C@@H](CO)c1ccccc1. The smallest absolute Gasteiger partial charge is 0.230 e. The van der Waals surface area contributed by atoms with Crippen LogP contribution < -0.4 is 5.32 Å². The Hall–Kier alpha value is -1.00. The molecule has 0 aliphatic rings. The first kappa shape index (κ1) is 12.1. The summed E-state index contributed by atoms with van der Waals surface area (Å²) in [5.41, 5.74) is 0.925. The average Bonchev–Trinajstić information content (AvgIpc) is 2.27. The van der Waals surface area contributed by atoms with Gasteiger partial charge in [0.2, 0.25) is 5.91 Å². The van der Waals surface area contributed by atoms with E-state index in [-0.39, 0.29) is 18.6 Å². The summed E-state index contributed by atoms with van der Waals surface area (Å²) in [4.78, 5) is 11.3. The second-order valence-corrected chi connectivity index (χ2v) is 4.01. The zero-order valence-corrected chi connectivity index (χ0v) is 9.46. The molecule has 0 saturated carbocycles. The van der Waals surface area contributed by atoms with E-state index in [0.717, 1.165) is 5.56 Å². The highest BCUT2D eigenvalue weighted by molar-refractivity contribution is 7.99. The number of carbonyl (C=O) groups is 1. The van der Waals surface area contributed by atoms with Crippen molar-refractivity contribution >= 4 is 17.7 Å². The van der Waals surface area contributed by atoms with Crippen LogP contribution in [0.15, 0.2) is 30.3 Å². The van der Waals surface area contributed by atoms with Gasteiger partial charge in [0.25, 0.3) is 0 Å². The zero-order valence-electron chi connectivity index (χ0n) is 8.64. The van der Waals surface area contributed by atoms with E-state index in [1.54, 1.807) is 0 Å². The van der Waals surface area contributed by atoms with Gasteiger partial charge in [-0.1, -0.05) is 30.3 Å². The van der Waals surface area contributed by atoms with Gasteiger partial charge in [0.15, 0.2) is 0 Å². The Balaban J connectivity index is 2.61. The number of thioether (sulfide) groups is 1.